The summed E-state index contributed by atoms with van der Waals surface area (Å²) in [6.07, 6.45) is 0. The van der Waals surface area contributed by atoms with Crippen LogP contribution in [0.25, 0.3) is 21.9 Å². The van der Waals surface area contributed by atoms with E-state index in [2.05, 4.69) is 35.6 Å². The maximum Gasteiger partial charge on any atom is 0.251 e. The zero-order valence-electron chi connectivity index (χ0n) is 18.8. The number of aromatic nitrogens is 3. The quantitative estimate of drug-likeness (QED) is 0.560. The summed E-state index contributed by atoms with van der Waals surface area (Å²) in [6, 6.07) is 7.80. The van der Waals surface area contributed by atoms with Gasteiger partial charge in [-0.1, -0.05) is 39.0 Å². The number of carbonyl (C=O) groups is 2. The summed E-state index contributed by atoms with van der Waals surface area (Å²) in [5, 5.41) is 3.77. The highest BCUT2D eigenvalue weighted by Crippen LogP contribution is 2.32. The number of hydrogen-bond donors (Lipinski definition) is 1. The number of Topliss-reactive ketones (excluding diaryl/α,β-unsaturated/α-hetero) is 1. The van der Waals surface area contributed by atoms with E-state index in [1.807, 2.05) is 31.2 Å². The van der Waals surface area contributed by atoms with Crippen molar-refractivity contribution < 1.29 is 19.1 Å². The maximum absolute atomic E-state index is 12.4. The summed E-state index contributed by atoms with van der Waals surface area (Å²) in [6.45, 7) is 11.2. The Kier molecular flexibility index (Phi) is 7.02. The number of rotatable bonds is 9. The van der Waals surface area contributed by atoms with E-state index in [1.54, 1.807) is 0 Å². The molecule has 0 saturated carbocycles. The second kappa shape index (κ2) is 9.53. The van der Waals surface area contributed by atoms with Crippen LogP contribution >= 0.6 is 0 Å². The van der Waals surface area contributed by atoms with E-state index in [4.69, 9.17) is 14.5 Å². The molecule has 0 atom stereocenters. The van der Waals surface area contributed by atoms with Crippen LogP contribution in [-0.4, -0.2) is 46.0 Å². The molecule has 0 unspecified atom stereocenters. The van der Waals surface area contributed by atoms with Crippen molar-refractivity contribution in [3.05, 3.63) is 30.1 Å². The molecule has 0 aliphatic rings. The van der Waals surface area contributed by atoms with Gasteiger partial charge in [0.25, 0.3) is 5.91 Å². The predicted molar refractivity (Wildman–Crippen MR) is 120 cm³/mol. The molecule has 0 aliphatic heterocycles. The van der Waals surface area contributed by atoms with Crippen LogP contribution in [0.1, 0.15) is 40.4 Å². The molecule has 0 fully saturated rings. The summed E-state index contributed by atoms with van der Waals surface area (Å²) in [4.78, 5) is 32.9. The molecule has 2 aromatic heterocycles. The topological polar surface area (TPSA) is 95.3 Å². The molecule has 8 nitrogen and oxygen atoms in total. The van der Waals surface area contributed by atoms with E-state index in [-0.39, 0.29) is 30.3 Å². The highest BCUT2D eigenvalue weighted by Gasteiger charge is 2.23. The number of ether oxygens (including phenoxy) is 2. The molecule has 1 aromatic carbocycles. The molecule has 2 heterocycles. The Labute approximate surface area is 181 Å². The van der Waals surface area contributed by atoms with E-state index < -0.39 is 0 Å². The standard InChI is InChI=1S/C23H30N4O4/c1-6-30-12-18-25-20-21(27(18)14-23(3,4)5)16-9-7-8-10-17(16)24-22(20)26-19(29)13-31-11-15(2)28/h7-10H,6,11-14H2,1-5H3,(H,24,26,29). The minimum absolute atomic E-state index is 0.00289. The van der Waals surface area contributed by atoms with E-state index in [1.165, 1.54) is 6.92 Å². The fourth-order valence-corrected chi connectivity index (χ4v) is 3.37. The van der Waals surface area contributed by atoms with Crippen LogP contribution in [0.4, 0.5) is 5.82 Å². The van der Waals surface area contributed by atoms with Gasteiger partial charge in [-0.15, -0.1) is 0 Å². The molecule has 3 aromatic rings. The highest BCUT2D eigenvalue weighted by atomic mass is 16.5. The lowest BCUT2D eigenvalue weighted by Crippen LogP contribution is -2.21. The van der Waals surface area contributed by atoms with Gasteiger partial charge in [0.2, 0.25) is 0 Å². The van der Waals surface area contributed by atoms with E-state index in [0.29, 0.717) is 24.5 Å². The normalized spacial score (nSPS) is 11.9. The summed E-state index contributed by atoms with van der Waals surface area (Å²) in [5.41, 5.74) is 2.28. The summed E-state index contributed by atoms with van der Waals surface area (Å²) >= 11 is 0. The number of carbonyl (C=O) groups excluding carboxylic acids is 2. The van der Waals surface area contributed by atoms with Gasteiger partial charge >= 0.3 is 0 Å². The minimum Gasteiger partial charge on any atom is -0.374 e. The number of para-hydroxylation sites is 1. The fourth-order valence-electron chi connectivity index (χ4n) is 3.37. The number of benzene rings is 1. The fraction of sp³-hybridized carbons (Fsp3) is 0.478. The number of imidazole rings is 1. The Morgan fingerprint density at radius 2 is 1.84 bits per heavy atom. The second-order valence-electron chi connectivity index (χ2n) is 8.73. The third kappa shape index (κ3) is 5.65. The zero-order valence-corrected chi connectivity index (χ0v) is 18.8. The first-order chi connectivity index (χ1) is 14.7. The maximum atomic E-state index is 12.4. The van der Waals surface area contributed by atoms with Crippen molar-refractivity contribution >= 4 is 39.4 Å². The lowest BCUT2D eigenvalue weighted by Gasteiger charge is -2.21. The molecular weight excluding hydrogens is 396 g/mol. The molecule has 3 rings (SSSR count). The van der Waals surface area contributed by atoms with Crippen molar-refractivity contribution in [2.45, 2.75) is 47.8 Å². The van der Waals surface area contributed by atoms with Crippen LogP contribution in [0, 0.1) is 5.41 Å². The minimum atomic E-state index is -0.387. The first-order valence-corrected chi connectivity index (χ1v) is 10.4. The molecule has 31 heavy (non-hydrogen) atoms. The number of ketones is 1. The van der Waals surface area contributed by atoms with Crippen LogP contribution < -0.4 is 5.32 Å². The van der Waals surface area contributed by atoms with E-state index in [0.717, 1.165) is 28.8 Å². The van der Waals surface area contributed by atoms with Gasteiger partial charge in [-0.3, -0.25) is 9.59 Å². The number of hydrogen-bond acceptors (Lipinski definition) is 6. The van der Waals surface area contributed by atoms with Gasteiger partial charge in [0.15, 0.2) is 11.6 Å². The Hall–Kier alpha value is -2.84. The summed E-state index contributed by atoms with van der Waals surface area (Å²) in [7, 11) is 0. The van der Waals surface area contributed by atoms with Crippen LogP contribution in [0.15, 0.2) is 24.3 Å². The number of fused-ring (bicyclic) bond motifs is 3. The highest BCUT2D eigenvalue weighted by molar-refractivity contribution is 6.09. The Balaban J connectivity index is 2.11. The van der Waals surface area contributed by atoms with Crippen LogP contribution in [-0.2, 0) is 32.2 Å². The molecule has 1 amide bonds. The van der Waals surface area contributed by atoms with Crippen molar-refractivity contribution in [3.8, 4) is 0 Å². The average Bonchev–Trinajstić information content (AvgIpc) is 3.03. The van der Waals surface area contributed by atoms with Gasteiger partial charge < -0.3 is 19.4 Å². The van der Waals surface area contributed by atoms with Crippen LogP contribution in [0.3, 0.4) is 0 Å². The molecule has 0 saturated heterocycles. The zero-order chi connectivity index (χ0) is 22.6. The summed E-state index contributed by atoms with van der Waals surface area (Å²) in [5.74, 6) is 0.631. The van der Waals surface area contributed by atoms with Crippen molar-refractivity contribution in [3.63, 3.8) is 0 Å². The lowest BCUT2D eigenvalue weighted by molar-refractivity contribution is -0.125. The Morgan fingerprint density at radius 1 is 1.10 bits per heavy atom. The number of amides is 1. The monoisotopic (exact) mass is 426 g/mol. The third-order valence-corrected chi connectivity index (χ3v) is 4.53. The SMILES string of the molecule is CCOCc1nc2c(NC(=O)COCC(C)=O)nc3ccccc3c2n1CC(C)(C)C. The van der Waals surface area contributed by atoms with Crippen molar-refractivity contribution in [2.75, 3.05) is 25.1 Å². The molecule has 1 N–H and O–H groups in total. The Morgan fingerprint density at radius 3 is 2.52 bits per heavy atom. The first-order valence-electron chi connectivity index (χ1n) is 10.4. The number of pyridine rings is 1. The van der Waals surface area contributed by atoms with E-state index in [9.17, 15) is 9.59 Å². The van der Waals surface area contributed by atoms with Crippen molar-refractivity contribution in [1.82, 2.24) is 14.5 Å². The molecule has 0 spiro atoms. The molecule has 8 heteroatoms. The van der Waals surface area contributed by atoms with Gasteiger partial charge in [-0.2, -0.15) is 0 Å². The molecule has 166 valence electrons. The number of nitrogens with zero attached hydrogens (tertiary/aromatic N) is 3. The average molecular weight is 427 g/mol. The van der Waals surface area contributed by atoms with Gasteiger partial charge in [0.1, 0.15) is 31.2 Å². The smallest absolute Gasteiger partial charge is 0.251 e. The first kappa shape index (κ1) is 22.8. The van der Waals surface area contributed by atoms with Gasteiger partial charge in [-0.05, 0) is 25.3 Å². The number of anilines is 1. The third-order valence-electron chi connectivity index (χ3n) is 4.53. The van der Waals surface area contributed by atoms with E-state index >= 15 is 0 Å². The number of nitrogens with one attached hydrogen (secondary N) is 1. The molecule has 0 bridgehead atoms. The van der Waals surface area contributed by atoms with Crippen LogP contribution in [0.2, 0.25) is 0 Å². The molecule has 0 aliphatic carbocycles. The van der Waals surface area contributed by atoms with Crippen molar-refractivity contribution in [2.24, 2.45) is 5.41 Å². The lowest BCUT2D eigenvalue weighted by atomic mass is 9.96. The van der Waals surface area contributed by atoms with Crippen molar-refractivity contribution in [1.29, 1.82) is 0 Å². The van der Waals surface area contributed by atoms with Gasteiger partial charge in [0, 0.05) is 18.5 Å². The van der Waals surface area contributed by atoms with Gasteiger partial charge in [0.05, 0.1) is 11.0 Å². The molecule has 0 radical (unpaired) electrons. The van der Waals surface area contributed by atoms with Gasteiger partial charge in [-0.25, -0.2) is 9.97 Å². The second-order valence-corrected chi connectivity index (χ2v) is 8.73. The predicted octanol–water partition coefficient (Wildman–Crippen LogP) is 3.71. The molecular formula is C23H30N4O4. The summed E-state index contributed by atoms with van der Waals surface area (Å²) < 4.78 is 13.0. The largest absolute Gasteiger partial charge is 0.374 e. The van der Waals surface area contributed by atoms with Crippen LogP contribution in [0.5, 0.6) is 0 Å². The Bertz CT molecular complexity index is 1100.